The van der Waals surface area contributed by atoms with Crippen LogP contribution in [0, 0.1) is 0 Å². The first-order valence-corrected chi connectivity index (χ1v) is 11.2. The lowest BCUT2D eigenvalue weighted by molar-refractivity contribution is -0.117. The van der Waals surface area contributed by atoms with Crippen molar-refractivity contribution < 1.29 is 23.9 Å². The highest BCUT2D eigenvalue weighted by atomic mass is 16.5. The number of anilines is 1. The van der Waals surface area contributed by atoms with Crippen LogP contribution >= 0.6 is 0 Å². The third-order valence-electron chi connectivity index (χ3n) is 6.34. The fourth-order valence-electron chi connectivity index (χ4n) is 4.54. The molecule has 0 bridgehead atoms. The van der Waals surface area contributed by atoms with E-state index in [4.69, 9.17) is 4.74 Å². The van der Waals surface area contributed by atoms with Crippen molar-refractivity contribution in [2.24, 2.45) is 0 Å². The van der Waals surface area contributed by atoms with Crippen molar-refractivity contribution in [3.8, 4) is 5.75 Å². The Morgan fingerprint density at radius 3 is 2.46 bits per heavy atom. The maximum absolute atomic E-state index is 12.9. The van der Waals surface area contributed by atoms with Gasteiger partial charge in [-0.2, -0.15) is 0 Å². The molecule has 5 rings (SSSR count). The maximum atomic E-state index is 12.9. The molecule has 2 fully saturated rings. The number of carbonyl (C=O) groups is 3. The van der Waals surface area contributed by atoms with Gasteiger partial charge in [0.2, 0.25) is 5.91 Å². The van der Waals surface area contributed by atoms with Gasteiger partial charge in [-0.05, 0) is 48.4 Å². The third-order valence-corrected chi connectivity index (χ3v) is 6.34. The predicted molar refractivity (Wildman–Crippen MR) is 126 cm³/mol. The van der Waals surface area contributed by atoms with Crippen molar-refractivity contribution in [2.75, 3.05) is 26.1 Å². The molecular formula is C24H26N6O5. The summed E-state index contributed by atoms with van der Waals surface area (Å²) in [6.45, 7) is -0.166. The van der Waals surface area contributed by atoms with E-state index in [1.54, 1.807) is 42.5 Å². The number of methoxy groups -OCH3 is 2. The van der Waals surface area contributed by atoms with E-state index >= 15 is 0 Å². The number of carbonyl (C=O) groups excluding carboxylic acids is 3. The number of benzene rings is 2. The van der Waals surface area contributed by atoms with E-state index in [-0.39, 0.29) is 36.7 Å². The molecule has 0 aromatic heterocycles. The molecule has 182 valence electrons. The number of nitrogens with zero attached hydrogens (tertiary/aromatic N) is 3. The largest absolute Gasteiger partial charge is 0.497 e. The quantitative estimate of drug-likeness (QED) is 0.539. The zero-order valence-corrected chi connectivity index (χ0v) is 19.3. The summed E-state index contributed by atoms with van der Waals surface area (Å²) in [5.41, 5.74) is 8.68. The molecule has 11 nitrogen and oxygen atoms in total. The third kappa shape index (κ3) is 4.38. The second-order valence-corrected chi connectivity index (χ2v) is 8.43. The fraction of sp³-hybridized carbons (Fsp3) is 0.292. The van der Waals surface area contributed by atoms with E-state index in [9.17, 15) is 14.4 Å². The van der Waals surface area contributed by atoms with Gasteiger partial charge in [0.25, 0.3) is 0 Å². The van der Waals surface area contributed by atoms with Crippen molar-refractivity contribution in [3.05, 3.63) is 72.1 Å². The normalized spacial score (nSPS) is 22.6. The monoisotopic (exact) mass is 478 g/mol. The minimum atomic E-state index is -0.455. The van der Waals surface area contributed by atoms with E-state index in [2.05, 4.69) is 20.9 Å². The number of nitrogens with one attached hydrogen (secondary N) is 3. The summed E-state index contributed by atoms with van der Waals surface area (Å²) < 4.78 is 9.92. The van der Waals surface area contributed by atoms with Gasteiger partial charge >= 0.3 is 12.0 Å². The average Bonchev–Trinajstić information content (AvgIpc) is 3.45. The Balaban J connectivity index is 1.21. The molecule has 2 aromatic carbocycles. The number of esters is 1. The summed E-state index contributed by atoms with van der Waals surface area (Å²) in [6.07, 6.45) is 4.01. The van der Waals surface area contributed by atoms with Gasteiger partial charge in [-0.25, -0.2) is 25.4 Å². The van der Waals surface area contributed by atoms with E-state index in [0.29, 0.717) is 11.3 Å². The minimum absolute atomic E-state index is 0.0185. The molecule has 0 aliphatic carbocycles. The van der Waals surface area contributed by atoms with Gasteiger partial charge in [0.05, 0.1) is 31.9 Å². The fourth-order valence-corrected chi connectivity index (χ4v) is 4.54. The Bertz CT molecular complexity index is 1150. The second-order valence-electron chi connectivity index (χ2n) is 8.43. The first-order chi connectivity index (χ1) is 17.0. The van der Waals surface area contributed by atoms with Gasteiger partial charge in [-0.15, -0.1) is 0 Å². The van der Waals surface area contributed by atoms with Gasteiger partial charge in [-0.1, -0.05) is 12.1 Å². The molecule has 0 saturated carbocycles. The van der Waals surface area contributed by atoms with Crippen molar-refractivity contribution in [3.63, 3.8) is 0 Å². The van der Waals surface area contributed by atoms with Gasteiger partial charge in [0, 0.05) is 18.1 Å². The molecule has 2 aromatic rings. The lowest BCUT2D eigenvalue weighted by Gasteiger charge is -2.34. The van der Waals surface area contributed by atoms with Crippen LogP contribution in [-0.4, -0.2) is 65.8 Å². The average molecular weight is 479 g/mol. The minimum Gasteiger partial charge on any atom is -0.497 e. The van der Waals surface area contributed by atoms with Crippen LogP contribution in [0.1, 0.15) is 28.4 Å². The molecule has 3 amide bonds. The number of hydrogen-bond donors (Lipinski definition) is 3. The smallest absolute Gasteiger partial charge is 0.340 e. The highest BCUT2D eigenvalue weighted by Crippen LogP contribution is 2.35. The first kappa shape index (κ1) is 22.7. The number of hydrazine groups is 2. The molecule has 3 heterocycles. The molecular weight excluding hydrogens is 452 g/mol. The molecule has 0 spiro atoms. The standard InChI is InChI=1S/C24H26N6O5/c1-34-18-9-5-15(6-10-18)19-13-20-22-27-30(24(33)28(22)11-12-29(20)26-19)14-21(31)25-17-7-3-16(4-8-17)23(32)35-2/h3-12,19-20,22,26-27H,13-14H2,1-2H3,(H,25,31). The molecule has 35 heavy (non-hydrogen) atoms. The summed E-state index contributed by atoms with van der Waals surface area (Å²) in [6, 6.07) is 14.0. The zero-order valence-electron chi connectivity index (χ0n) is 19.3. The maximum Gasteiger partial charge on any atom is 0.340 e. The molecule has 3 N–H and O–H groups in total. The van der Waals surface area contributed by atoms with Crippen LogP contribution in [0.5, 0.6) is 5.75 Å². The number of fused-ring (bicyclic) bond motifs is 3. The number of urea groups is 1. The van der Waals surface area contributed by atoms with Crippen LogP contribution in [0.25, 0.3) is 0 Å². The van der Waals surface area contributed by atoms with Crippen LogP contribution in [0.2, 0.25) is 0 Å². The van der Waals surface area contributed by atoms with Crippen LogP contribution in [0.4, 0.5) is 10.5 Å². The van der Waals surface area contributed by atoms with E-state index in [0.717, 1.165) is 17.7 Å². The lowest BCUT2D eigenvalue weighted by atomic mass is 10.00. The van der Waals surface area contributed by atoms with E-state index < -0.39 is 5.97 Å². The van der Waals surface area contributed by atoms with Crippen molar-refractivity contribution >= 4 is 23.6 Å². The Morgan fingerprint density at radius 1 is 1.03 bits per heavy atom. The second kappa shape index (κ2) is 9.28. The predicted octanol–water partition coefficient (Wildman–Crippen LogP) is 1.79. The molecule has 2 saturated heterocycles. The molecule has 3 aliphatic heterocycles. The Morgan fingerprint density at radius 2 is 1.77 bits per heavy atom. The van der Waals surface area contributed by atoms with Gasteiger partial charge in [-0.3, -0.25) is 9.69 Å². The van der Waals surface area contributed by atoms with Crippen LogP contribution in [0.15, 0.2) is 60.9 Å². The highest BCUT2D eigenvalue weighted by Gasteiger charge is 2.48. The van der Waals surface area contributed by atoms with E-state index in [1.165, 1.54) is 12.1 Å². The lowest BCUT2D eigenvalue weighted by Crippen LogP contribution is -2.54. The topological polar surface area (TPSA) is 115 Å². The van der Waals surface area contributed by atoms with Crippen molar-refractivity contribution in [1.29, 1.82) is 0 Å². The van der Waals surface area contributed by atoms with Gasteiger partial charge < -0.3 is 19.8 Å². The zero-order chi connectivity index (χ0) is 24.5. The number of amides is 3. The van der Waals surface area contributed by atoms with Crippen molar-refractivity contribution in [1.82, 2.24) is 25.8 Å². The Hall–Kier alpha value is -4.09. The van der Waals surface area contributed by atoms with E-state index in [1.807, 2.05) is 35.5 Å². The summed E-state index contributed by atoms with van der Waals surface area (Å²) in [4.78, 5) is 38.7. The first-order valence-electron chi connectivity index (χ1n) is 11.2. The van der Waals surface area contributed by atoms with Gasteiger partial charge in [0.15, 0.2) is 0 Å². The molecule has 3 aliphatic rings. The van der Waals surface area contributed by atoms with Gasteiger partial charge in [0.1, 0.15) is 18.5 Å². The Kier molecular flexibility index (Phi) is 6.01. The summed E-state index contributed by atoms with van der Waals surface area (Å²) >= 11 is 0. The van der Waals surface area contributed by atoms with Crippen LogP contribution in [0.3, 0.4) is 0 Å². The highest BCUT2D eigenvalue weighted by molar-refractivity contribution is 5.95. The van der Waals surface area contributed by atoms with Crippen LogP contribution in [-0.2, 0) is 9.53 Å². The van der Waals surface area contributed by atoms with Crippen LogP contribution < -0.4 is 20.9 Å². The molecule has 3 unspecified atom stereocenters. The number of ether oxygens (including phenoxy) is 2. The molecule has 3 atom stereocenters. The molecule has 11 heteroatoms. The summed E-state index contributed by atoms with van der Waals surface area (Å²) in [7, 11) is 2.94. The summed E-state index contributed by atoms with van der Waals surface area (Å²) in [5.74, 6) is -0.0194. The summed E-state index contributed by atoms with van der Waals surface area (Å²) in [5, 5.41) is 6.06. The SMILES string of the molecule is COC(=O)c1ccc(NC(=O)CN2NC3C4CC(c5ccc(OC)cc5)NN4C=CN3C2=O)cc1. The Labute approximate surface area is 202 Å². The number of hydrogen-bond acceptors (Lipinski definition) is 8. The number of rotatable bonds is 6. The molecule has 0 radical (unpaired) electrons. The van der Waals surface area contributed by atoms with Crippen molar-refractivity contribution in [2.45, 2.75) is 24.7 Å².